The summed E-state index contributed by atoms with van der Waals surface area (Å²) in [7, 11) is 0. The van der Waals surface area contributed by atoms with Crippen LogP contribution in [0.5, 0.6) is 0 Å². The summed E-state index contributed by atoms with van der Waals surface area (Å²) in [4.78, 5) is 1.27. The van der Waals surface area contributed by atoms with Gasteiger partial charge in [0, 0.05) is 28.4 Å². The molecule has 0 radical (unpaired) electrons. The van der Waals surface area contributed by atoms with Crippen LogP contribution in [0.4, 0.5) is 0 Å². The molecule has 1 aromatic rings. The highest BCUT2D eigenvalue weighted by Crippen LogP contribution is 2.32. The van der Waals surface area contributed by atoms with E-state index in [1.165, 1.54) is 17.7 Å². The molecule has 0 unspecified atom stereocenters. The SMILES string of the molecule is Clc1sc(CCOCCNC2CC2)cc1Br. The molecule has 90 valence electrons. The summed E-state index contributed by atoms with van der Waals surface area (Å²) in [5, 5.41) is 3.42. The van der Waals surface area contributed by atoms with E-state index in [9.17, 15) is 0 Å². The van der Waals surface area contributed by atoms with Crippen molar-refractivity contribution < 1.29 is 4.74 Å². The van der Waals surface area contributed by atoms with E-state index in [1.54, 1.807) is 11.3 Å². The van der Waals surface area contributed by atoms with Gasteiger partial charge in [0.05, 0.1) is 13.2 Å². The highest BCUT2D eigenvalue weighted by atomic mass is 79.9. The van der Waals surface area contributed by atoms with Crippen molar-refractivity contribution >= 4 is 38.9 Å². The van der Waals surface area contributed by atoms with Gasteiger partial charge < -0.3 is 10.1 Å². The minimum atomic E-state index is 0.773. The van der Waals surface area contributed by atoms with Gasteiger partial charge in [0.1, 0.15) is 4.34 Å². The summed E-state index contributed by atoms with van der Waals surface area (Å²) in [5.41, 5.74) is 0. The fourth-order valence-corrected chi connectivity index (χ4v) is 3.18. The third-order valence-electron chi connectivity index (χ3n) is 2.45. The first-order chi connectivity index (χ1) is 7.75. The lowest BCUT2D eigenvalue weighted by Crippen LogP contribution is -2.22. The van der Waals surface area contributed by atoms with Gasteiger partial charge in [-0.25, -0.2) is 0 Å². The zero-order valence-electron chi connectivity index (χ0n) is 8.97. The van der Waals surface area contributed by atoms with Crippen LogP contribution in [0.2, 0.25) is 4.34 Å². The lowest BCUT2D eigenvalue weighted by Gasteiger charge is -2.03. The van der Waals surface area contributed by atoms with Crippen LogP contribution >= 0.6 is 38.9 Å². The predicted octanol–water partition coefficient (Wildman–Crippen LogP) is 3.48. The van der Waals surface area contributed by atoms with Gasteiger partial charge in [-0.05, 0) is 34.8 Å². The van der Waals surface area contributed by atoms with E-state index in [4.69, 9.17) is 16.3 Å². The van der Waals surface area contributed by atoms with Gasteiger partial charge in [-0.2, -0.15) is 0 Å². The summed E-state index contributed by atoms with van der Waals surface area (Å²) < 4.78 is 7.37. The molecule has 2 rings (SSSR count). The molecular formula is C11H15BrClNOS. The van der Waals surface area contributed by atoms with Crippen LogP contribution in [0.1, 0.15) is 17.7 Å². The monoisotopic (exact) mass is 323 g/mol. The van der Waals surface area contributed by atoms with E-state index in [-0.39, 0.29) is 0 Å². The third-order valence-corrected chi connectivity index (χ3v) is 4.98. The minimum absolute atomic E-state index is 0.773. The first-order valence-electron chi connectivity index (χ1n) is 5.50. The number of ether oxygens (including phenoxy) is 1. The Kier molecular flexibility index (Phi) is 5.10. The third kappa shape index (κ3) is 4.34. The Hall–Kier alpha value is 0.390. The van der Waals surface area contributed by atoms with Gasteiger partial charge in [0.2, 0.25) is 0 Å². The van der Waals surface area contributed by atoms with Crippen LogP contribution in [0.25, 0.3) is 0 Å². The Morgan fingerprint density at radius 2 is 2.31 bits per heavy atom. The standard InChI is InChI=1S/C11H15BrClNOS/c12-10-7-9(16-11(10)13)3-5-15-6-4-14-8-1-2-8/h7-8,14H,1-6H2. The molecule has 1 fully saturated rings. The van der Waals surface area contributed by atoms with Crippen molar-refractivity contribution in [1.29, 1.82) is 0 Å². The lowest BCUT2D eigenvalue weighted by molar-refractivity contribution is 0.139. The first kappa shape index (κ1) is 12.8. The summed E-state index contributed by atoms with van der Waals surface area (Å²) in [5.74, 6) is 0. The number of hydrogen-bond acceptors (Lipinski definition) is 3. The highest BCUT2D eigenvalue weighted by molar-refractivity contribution is 9.10. The first-order valence-corrected chi connectivity index (χ1v) is 7.49. The van der Waals surface area contributed by atoms with Gasteiger partial charge in [0.15, 0.2) is 0 Å². The van der Waals surface area contributed by atoms with E-state index in [2.05, 4.69) is 27.3 Å². The maximum atomic E-state index is 5.95. The Labute approximate surface area is 113 Å². The van der Waals surface area contributed by atoms with Gasteiger partial charge in [-0.3, -0.25) is 0 Å². The second-order valence-electron chi connectivity index (χ2n) is 3.93. The summed E-state index contributed by atoms with van der Waals surface area (Å²) >= 11 is 11.0. The molecule has 0 aliphatic heterocycles. The number of rotatable bonds is 7. The largest absolute Gasteiger partial charge is 0.380 e. The molecule has 0 spiro atoms. The molecule has 0 aromatic carbocycles. The fourth-order valence-electron chi connectivity index (χ4n) is 1.41. The van der Waals surface area contributed by atoms with Gasteiger partial charge >= 0.3 is 0 Å². The topological polar surface area (TPSA) is 21.3 Å². The molecule has 0 saturated heterocycles. The van der Waals surface area contributed by atoms with Crippen LogP contribution in [-0.4, -0.2) is 25.8 Å². The zero-order valence-corrected chi connectivity index (χ0v) is 12.1. The zero-order chi connectivity index (χ0) is 11.4. The van der Waals surface area contributed by atoms with Gasteiger partial charge in [-0.15, -0.1) is 11.3 Å². The summed E-state index contributed by atoms with van der Waals surface area (Å²) in [6.07, 6.45) is 3.61. The smallest absolute Gasteiger partial charge is 0.107 e. The predicted molar refractivity (Wildman–Crippen MR) is 72.6 cm³/mol. The Morgan fingerprint density at radius 3 is 2.94 bits per heavy atom. The van der Waals surface area contributed by atoms with Crippen LogP contribution in [0, 0.1) is 0 Å². The van der Waals surface area contributed by atoms with Crippen molar-refractivity contribution in [2.45, 2.75) is 25.3 Å². The van der Waals surface area contributed by atoms with Crippen molar-refractivity contribution in [2.24, 2.45) is 0 Å². The maximum Gasteiger partial charge on any atom is 0.107 e. The van der Waals surface area contributed by atoms with Crippen LogP contribution in [-0.2, 0) is 11.2 Å². The van der Waals surface area contributed by atoms with Crippen LogP contribution in [0.3, 0.4) is 0 Å². The Morgan fingerprint density at radius 1 is 1.50 bits per heavy atom. The molecule has 0 amide bonds. The highest BCUT2D eigenvalue weighted by Gasteiger charge is 2.19. The summed E-state index contributed by atoms with van der Waals surface area (Å²) in [6, 6.07) is 2.84. The van der Waals surface area contributed by atoms with Crippen molar-refractivity contribution in [3.05, 3.63) is 19.8 Å². The summed E-state index contributed by atoms with van der Waals surface area (Å²) in [6.45, 7) is 2.55. The van der Waals surface area contributed by atoms with Crippen molar-refractivity contribution in [3.8, 4) is 0 Å². The maximum absolute atomic E-state index is 5.95. The van der Waals surface area contributed by atoms with E-state index in [1.807, 2.05) is 0 Å². The van der Waals surface area contributed by atoms with Crippen molar-refractivity contribution in [3.63, 3.8) is 0 Å². The quantitative estimate of drug-likeness (QED) is 0.775. The van der Waals surface area contributed by atoms with Crippen LogP contribution < -0.4 is 5.32 Å². The number of hydrogen-bond donors (Lipinski definition) is 1. The molecule has 16 heavy (non-hydrogen) atoms. The van der Waals surface area contributed by atoms with E-state index < -0.39 is 0 Å². The normalized spacial score (nSPS) is 15.6. The molecule has 1 heterocycles. The van der Waals surface area contributed by atoms with Crippen molar-refractivity contribution in [2.75, 3.05) is 19.8 Å². The molecule has 5 heteroatoms. The number of thiophene rings is 1. The molecular weight excluding hydrogens is 310 g/mol. The number of nitrogens with one attached hydrogen (secondary N) is 1. The average Bonchev–Trinajstić information content (AvgIpc) is 3.01. The second kappa shape index (κ2) is 6.36. The van der Waals surface area contributed by atoms with Gasteiger partial charge in [-0.1, -0.05) is 11.6 Å². The molecule has 1 aliphatic rings. The minimum Gasteiger partial charge on any atom is -0.380 e. The van der Waals surface area contributed by atoms with Gasteiger partial charge in [0.25, 0.3) is 0 Å². The Bertz CT molecular complexity index is 321. The molecule has 1 N–H and O–H groups in total. The molecule has 1 aliphatic carbocycles. The average molecular weight is 325 g/mol. The second-order valence-corrected chi connectivity index (χ2v) is 6.52. The van der Waals surface area contributed by atoms with E-state index in [0.717, 1.165) is 41.0 Å². The van der Waals surface area contributed by atoms with E-state index >= 15 is 0 Å². The lowest BCUT2D eigenvalue weighted by atomic mass is 10.4. The molecule has 2 nitrogen and oxygen atoms in total. The fraction of sp³-hybridized carbons (Fsp3) is 0.636. The molecule has 0 bridgehead atoms. The van der Waals surface area contributed by atoms with E-state index in [0.29, 0.717) is 0 Å². The van der Waals surface area contributed by atoms with Crippen LogP contribution in [0.15, 0.2) is 10.5 Å². The molecule has 1 aromatic heterocycles. The Balaban J connectivity index is 1.53. The molecule has 0 atom stereocenters. The van der Waals surface area contributed by atoms with Crippen molar-refractivity contribution in [1.82, 2.24) is 5.32 Å². The molecule has 1 saturated carbocycles. The number of halogens is 2.